The summed E-state index contributed by atoms with van der Waals surface area (Å²) >= 11 is 0. The van der Waals surface area contributed by atoms with Crippen molar-refractivity contribution in [3.05, 3.63) is 29.3 Å². The van der Waals surface area contributed by atoms with Crippen molar-refractivity contribution >= 4 is 23.6 Å². The molecule has 0 bridgehead atoms. The molecule has 0 aliphatic heterocycles. The lowest BCUT2D eigenvalue weighted by atomic mass is 10.1. The average Bonchev–Trinajstić information content (AvgIpc) is 2.48. The zero-order chi connectivity index (χ0) is 18.4. The number of benzene rings is 1. The van der Waals surface area contributed by atoms with Gasteiger partial charge in [-0.05, 0) is 44.5 Å². The first kappa shape index (κ1) is 19.5. The van der Waals surface area contributed by atoms with Crippen molar-refractivity contribution in [1.82, 2.24) is 10.2 Å². The SMILES string of the molecule is Cc1cc(C(=O)NC(C)C)ccc1NC(=O)N(C)CC(C)C(=O)O. The Morgan fingerprint density at radius 3 is 2.33 bits per heavy atom. The number of urea groups is 1. The third kappa shape index (κ3) is 5.57. The lowest BCUT2D eigenvalue weighted by molar-refractivity contribution is -0.141. The molecular weight excluding hydrogens is 310 g/mol. The van der Waals surface area contributed by atoms with Gasteiger partial charge in [0.25, 0.3) is 5.91 Å². The normalized spacial score (nSPS) is 11.8. The maximum atomic E-state index is 12.1. The number of aliphatic carboxylic acids is 1. The van der Waals surface area contributed by atoms with Gasteiger partial charge in [0.2, 0.25) is 0 Å². The fourth-order valence-electron chi connectivity index (χ4n) is 2.07. The zero-order valence-electron chi connectivity index (χ0n) is 14.7. The van der Waals surface area contributed by atoms with Gasteiger partial charge in [0, 0.05) is 30.9 Å². The van der Waals surface area contributed by atoms with E-state index >= 15 is 0 Å². The lowest BCUT2D eigenvalue weighted by Gasteiger charge is -2.21. The first-order valence-corrected chi connectivity index (χ1v) is 7.78. The van der Waals surface area contributed by atoms with E-state index in [0.29, 0.717) is 11.3 Å². The molecular formula is C17H25N3O4. The van der Waals surface area contributed by atoms with Crippen molar-refractivity contribution in [3.63, 3.8) is 0 Å². The molecule has 1 unspecified atom stereocenters. The second-order valence-corrected chi connectivity index (χ2v) is 6.21. The number of carboxylic acids is 1. The van der Waals surface area contributed by atoms with E-state index in [2.05, 4.69) is 10.6 Å². The summed E-state index contributed by atoms with van der Waals surface area (Å²) in [6, 6.07) is 4.65. The molecule has 24 heavy (non-hydrogen) atoms. The molecule has 7 nitrogen and oxygen atoms in total. The van der Waals surface area contributed by atoms with Crippen LogP contribution < -0.4 is 10.6 Å². The minimum atomic E-state index is -0.952. The summed E-state index contributed by atoms with van der Waals surface area (Å²) < 4.78 is 0. The van der Waals surface area contributed by atoms with E-state index < -0.39 is 17.9 Å². The molecule has 1 aromatic carbocycles. The van der Waals surface area contributed by atoms with E-state index in [0.717, 1.165) is 5.56 Å². The van der Waals surface area contributed by atoms with Crippen molar-refractivity contribution in [2.75, 3.05) is 18.9 Å². The number of amides is 3. The molecule has 0 saturated heterocycles. The van der Waals surface area contributed by atoms with Crippen LogP contribution in [0.2, 0.25) is 0 Å². The van der Waals surface area contributed by atoms with Crippen LogP contribution >= 0.6 is 0 Å². The van der Waals surface area contributed by atoms with Crippen LogP contribution in [0.25, 0.3) is 0 Å². The van der Waals surface area contributed by atoms with Crippen molar-refractivity contribution in [3.8, 4) is 0 Å². The van der Waals surface area contributed by atoms with Gasteiger partial charge in [0.15, 0.2) is 0 Å². The molecule has 3 N–H and O–H groups in total. The van der Waals surface area contributed by atoms with Gasteiger partial charge in [-0.1, -0.05) is 6.92 Å². The summed E-state index contributed by atoms with van der Waals surface area (Å²) in [5.74, 6) is -1.77. The van der Waals surface area contributed by atoms with Crippen molar-refractivity contribution in [2.24, 2.45) is 5.92 Å². The largest absolute Gasteiger partial charge is 0.481 e. The molecule has 3 amide bonds. The number of hydrogen-bond acceptors (Lipinski definition) is 3. The van der Waals surface area contributed by atoms with Crippen LogP contribution in [0.5, 0.6) is 0 Å². The van der Waals surface area contributed by atoms with Crippen LogP contribution in [0.1, 0.15) is 36.7 Å². The predicted octanol–water partition coefficient (Wildman–Crippen LogP) is 2.32. The Balaban J connectivity index is 2.76. The maximum Gasteiger partial charge on any atom is 0.321 e. The van der Waals surface area contributed by atoms with E-state index in [1.54, 1.807) is 32.0 Å². The third-order valence-corrected chi connectivity index (χ3v) is 3.47. The number of anilines is 1. The number of nitrogens with zero attached hydrogens (tertiary/aromatic N) is 1. The standard InChI is InChI=1S/C17H25N3O4/c1-10(2)18-15(21)13-6-7-14(11(3)8-13)19-17(24)20(5)9-12(4)16(22)23/h6-8,10,12H,9H2,1-5H3,(H,18,21)(H,19,24)(H,22,23). The van der Waals surface area contributed by atoms with Gasteiger partial charge in [-0.25, -0.2) is 4.79 Å². The van der Waals surface area contributed by atoms with Crippen LogP contribution in [-0.2, 0) is 4.79 Å². The molecule has 0 spiro atoms. The molecule has 1 aromatic rings. The summed E-state index contributed by atoms with van der Waals surface area (Å²) in [5.41, 5.74) is 1.85. The highest BCUT2D eigenvalue weighted by Crippen LogP contribution is 2.17. The van der Waals surface area contributed by atoms with Gasteiger partial charge in [-0.15, -0.1) is 0 Å². The number of aryl methyl sites for hydroxylation is 1. The van der Waals surface area contributed by atoms with Crippen molar-refractivity contribution < 1.29 is 19.5 Å². The summed E-state index contributed by atoms with van der Waals surface area (Å²) in [5, 5.41) is 14.4. The highest BCUT2D eigenvalue weighted by molar-refractivity contribution is 5.96. The van der Waals surface area contributed by atoms with E-state index in [4.69, 9.17) is 5.11 Å². The van der Waals surface area contributed by atoms with Crippen molar-refractivity contribution in [2.45, 2.75) is 33.7 Å². The highest BCUT2D eigenvalue weighted by Gasteiger charge is 2.18. The van der Waals surface area contributed by atoms with Crippen LogP contribution in [0.4, 0.5) is 10.5 Å². The Morgan fingerprint density at radius 2 is 1.83 bits per heavy atom. The fraction of sp³-hybridized carbons (Fsp3) is 0.471. The second-order valence-electron chi connectivity index (χ2n) is 6.21. The van der Waals surface area contributed by atoms with E-state index in [-0.39, 0.29) is 18.5 Å². The van der Waals surface area contributed by atoms with Gasteiger partial charge >= 0.3 is 12.0 Å². The molecule has 1 atom stereocenters. The van der Waals surface area contributed by atoms with E-state index in [9.17, 15) is 14.4 Å². The lowest BCUT2D eigenvalue weighted by Crippen LogP contribution is -2.36. The molecule has 1 rings (SSSR count). The Labute approximate surface area is 142 Å². The average molecular weight is 335 g/mol. The molecule has 0 aliphatic carbocycles. The molecule has 0 aliphatic rings. The summed E-state index contributed by atoms with van der Waals surface area (Å²) in [4.78, 5) is 36.3. The number of carbonyl (C=O) groups is 3. The van der Waals surface area contributed by atoms with Crippen LogP contribution in [0.15, 0.2) is 18.2 Å². The van der Waals surface area contributed by atoms with Gasteiger partial charge in [-0.3, -0.25) is 9.59 Å². The number of hydrogen-bond donors (Lipinski definition) is 3. The molecule has 7 heteroatoms. The first-order valence-electron chi connectivity index (χ1n) is 7.78. The van der Waals surface area contributed by atoms with Gasteiger partial charge in [-0.2, -0.15) is 0 Å². The van der Waals surface area contributed by atoms with Crippen LogP contribution in [0, 0.1) is 12.8 Å². The Morgan fingerprint density at radius 1 is 1.21 bits per heavy atom. The second kappa shape index (κ2) is 8.33. The molecule has 0 fully saturated rings. The molecule has 0 radical (unpaired) electrons. The minimum Gasteiger partial charge on any atom is -0.481 e. The van der Waals surface area contributed by atoms with Gasteiger partial charge in [0.1, 0.15) is 0 Å². The van der Waals surface area contributed by atoms with E-state index in [1.165, 1.54) is 11.9 Å². The maximum absolute atomic E-state index is 12.1. The monoisotopic (exact) mass is 335 g/mol. The number of carbonyl (C=O) groups excluding carboxylic acids is 2. The summed E-state index contributed by atoms with van der Waals surface area (Å²) in [6.07, 6.45) is 0. The molecule has 0 aromatic heterocycles. The molecule has 132 valence electrons. The topological polar surface area (TPSA) is 98.7 Å². The third-order valence-electron chi connectivity index (χ3n) is 3.47. The van der Waals surface area contributed by atoms with Gasteiger partial charge < -0.3 is 20.6 Å². The smallest absolute Gasteiger partial charge is 0.321 e. The molecule has 0 heterocycles. The van der Waals surface area contributed by atoms with Crippen LogP contribution in [-0.4, -0.2) is 47.5 Å². The number of rotatable bonds is 6. The van der Waals surface area contributed by atoms with Crippen LogP contribution in [0.3, 0.4) is 0 Å². The Bertz CT molecular complexity index is 628. The fourth-order valence-corrected chi connectivity index (χ4v) is 2.07. The Hall–Kier alpha value is -2.57. The highest BCUT2D eigenvalue weighted by atomic mass is 16.4. The minimum absolute atomic E-state index is 0.0436. The first-order chi connectivity index (χ1) is 11.1. The zero-order valence-corrected chi connectivity index (χ0v) is 14.7. The number of carboxylic acid groups (broad SMARTS) is 1. The van der Waals surface area contributed by atoms with Crippen molar-refractivity contribution in [1.29, 1.82) is 0 Å². The molecule has 0 saturated carbocycles. The number of nitrogens with one attached hydrogen (secondary N) is 2. The summed E-state index contributed by atoms with van der Waals surface area (Å²) in [7, 11) is 1.54. The predicted molar refractivity (Wildman–Crippen MR) is 92.2 cm³/mol. The Kier molecular flexibility index (Phi) is 6.76. The summed E-state index contributed by atoms with van der Waals surface area (Å²) in [6.45, 7) is 7.21. The quantitative estimate of drug-likeness (QED) is 0.743. The van der Waals surface area contributed by atoms with Gasteiger partial charge in [0.05, 0.1) is 5.92 Å². The van der Waals surface area contributed by atoms with E-state index in [1.807, 2.05) is 13.8 Å².